The molecule has 0 radical (unpaired) electrons. The van der Waals surface area contributed by atoms with Gasteiger partial charge in [0.15, 0.2) is 6.73 Å². The van der Waals surface area contributed by atoms with Gasteiger partial charge >= 0.3 is 0 Å². The Morgan fingerprint density at radius 2 is 1.86 bits per heavy atom. The van der Waals surface area contributed by atoms with E-state index < -0.39 is 0 Å². The zero-order chi connectivity index (χ0) is 24.9. The number of pyridine rings is 1. The summed E-state index contributed by atoms with van der Waals surface area (Å²) >= 11 is 1.81. The van der Waals surface area contributed by atoms with E-state index in [1.807, 2.05) is 35.6 Å². The van der Waals surface area contributed by atoms with Crippen molar-refractivity contribution in [3.8, 4) is 5.75 Å². The standard InChI is InChI=1S/C29H33N3O3S/c1-22(2)35-21-32-27-20-24(10-8-23(27)9-11-29(32)33)34-18-4-3-13-30-14-16-31(17-15-30)26-6-5-7-28-25(26)12-19-36-28/h5-12,19-20H,1,3-4,13-18,21H2,2H3. The molecule has 5 rings (SSSR count). The molecule has 0 amide bonds. The quantitative estimate of drug-likeness (QED) is 0.205. The maximum Gasteiger partial charge on any atom is 0.253 e. The SMILES string of the molecule is C=C(C)OCn1c(=O)ccc2ccc(OCCCCN3CCN(c4cccc5sccc45)CC3)cc21. The van der Waals surface area contributed by atoms with E-state index in [0.717, 1.165) is 62.2 Å². The molecule has 0 N–H and O–H groups in total. The van der Waals surface area contributed by atoms with Crippen LogP contribution in [0.1, 0.15) is 19.8 Å². The lowest BCUT2D eigenvalue weighted by Gasteiger charge is -2.36. The molecule has 0 bridgehead atoms. The Morgan fingerprint density at radius 3 is 2.69 bits per heavy atom. The lowest BCUT2D eigenvalue weighted by molar-refractivity contribution is 0.148. The molecule has 7 heteroatoms. The molecule has 1 aliphatic heterocycles. The van der Waals surface area contributed by atoms with Crippen molar-refractivity contribution < 1.29 is 9.47 Å². The van der Waals surface area contributed by atoms with Crippen molar-refractivity contribution in [3.05, 3.63) is 82.7 Å². The van der Waals surface area contributed by atoms with Crippen LogP contribution in [0.25, 0.3) is 21.0 Å². The third-order valence-electron chi connectivity index (χ3n) is 6.73. The number of piperazine rings is 1. The fourth-order valence-electron chi connectivity index (χ4n) is 4.76. The van der Waals surface area contributed by atoms with Crippen LogP contribution in [0, 0.1) is 0 Å². The summed E-state index contributed by atoms with van der Waals surface area (Å²) in [7, 11) is 0. The highest BCUT2D eigenvalue weighted by Gasteiger charge is 2.18. The number of ether oxygens (including phenoxy) is 2. The number of nitrogens with zero attached hydrogens (tertiary/aromatic N) is 3. The van der Waals surface area contributed by atoms with Crippen molar-refractivity contribution in [1.29, 1.82) is 0 Å². The number of benzene rings is 2. The van der Waals surface area contributed by atoms with E-state index in [2.05, 4.69) is 46.0 Å². The predicted octanol–water partition coefficient (Wildman–Crippen LogP) is 5.71. The molecule has 0 spiro atoms. The molecule has 4 aromatic rings. The Labute approximate surface area is 216 Å². The smallest absolute Gasteiger partial charge is 0.253 e. The van der Waals surface area contributed by atoms with E-state index in [-0.39, 0.29) is 12.3 Å². The third-order valence-corrected chi connectivity index (χ3v) is 7.61. The summed E-state index contributed by atoms with van der Waals surface area (Å²) < 4.78 is 14.5. The summed E-state index contributed by atoms with van der Waals surface area (Å²) in [6.07, 6.45) is 2.09. The Hall–Kier alpha value is -3.29. The van der Waals surface area contributed by atoms with Crippen LogP contribution in [0.15, 0.2) is 77.1 Å². The largest absolute Gasteiger partial charge is 0.494 e. The normalized spacial score (nSPS) is 14.4. The summed E-state index contributed by atoms with van der Waals surface area (Å²) in [5, 5.41) is 4.53. The van der Waals surface area contributed by atoms with Gasteiger partial charge in [-0.05, 0) is 73.5 Å². The number of hydrogen-bond acceptors (Lipinski definition) is 6. The van der Waals surface area contributed by atoms with Gasteiger partial charge in [-0.15, -0.1) is 11.3 Å². The van der Waals surface area contributed by atoms with Gasteiger partial charge < -0.3 is 14.4 Å². The van der Waals surface area contributed by atoms with E-state index in [1.165, 1.54) is 15.8 Å². The van der Waals surface area contributed by atoms with Gasteiger partial charge in [0.25, 0.3) is 5.56 Å². The van der Waals surface area contributed by atoms with Gasteiger partial charge in [-0.2, -0.15) is 0 Å². The maximum absolute atomic E-state index is 12.4. The number of rotatable bonds is 10. The minimum atomic E-state index is -0.104. The molecule has 6 nitrogen and oxygen atoms in total. The van der Waals surface area contributed by atoms with Crippen molar-refractivity contribution in [2.45, 2.75) is 26.5 Å². The molecule has 1 fully saturated rings. The molecule has 2 aromatic heterocycles. The van der Waals surface area contributed by atoms with Crippen LogP contribution < -0.4 is 15.2 Å². The Balaban J connectivity index is 1.08. The topological polar surface area (TPSA) is 46.9 Å². The van der Waals surface area contributed by atoms with Gasteiger partial charge in [0.2, 0.25) is 0 Å². The van der Waals surface area contributed by atoms with Crippen molar-refractivity contribution in [1.82, 2.24) is 9.47 Å². The highest BCUT2D eigenvalue weighted by molar-refractivity contribution is 7.17. The predicted molar refractivity (Wildman–Crippen MR) is 149 cm³/mol. The summed E-state index contributed by atoms with van der Waals surface area (Å²) in [6.45, 7) is 11.7. The van der Waals surface area contributed by atoms with Gasteiger partial charge in [-0.1, -0.05) is 12.6 Å². The first kappa shape index (κ1) is 24.4. The molecule has 188 valence electrons. The van der Waals surface area contributed by atoms with Crippen LogP contribution >= 0.6 is 11.3 Å². The second kappa shape index (κ2) is 11.2. The van der Waals surface area contributed by atoms with Crippen molar-refractivity contribution in [3.63, 3.8) is 0 Å². The molecule has 36 heavy (non-hydrogen) atoms. The van der Waals surface area contributed by atoms with Crippen molar-refractivity contribution >= 4 is 38.0 Å². The van der Waals surface area contributed by atoms with Gasteiger partial charge in [-0.3, -0.25) is 14.3 Å². The van der Waals surface area contributed by atoms with Crippen LogP contribution in [-0.4, -0.2) is 48.8 Å². The number of aromatic nitrogens is 1. The molecular formula is C29H33N3O3S. The highest BCUT2D eigenvalue weighted by atomic mass is 32.1. The first-order chi connectivity index (χ1) is 17.6. The minimum absolute atomic E-state index is 0.104. The first-order valence-corrected chi connectivity index (χ1v) is 13.4. The molecule has 1 saturated heterocycles. The van der Waals surface area contributed by atoms with Gasteiger partial charge in [0, 0.05) is 54.1 Å². The average Bonchev–Trinajstić information content (AvgIpc) is 3.37. The van der Waals surface area contributed by atoms with E-state index in [0.29, 0.717) is 12.4 Å². The number of allylic oxidation sites excluding steroid dienone is 1. The second-order valence-corrected chi connectivity index (χ2v) is 10.2. The van der Waals surface area contributed by atoms with E-state index in [4.69, 9.17) is 9.47 Å². The first-order valence-electron chi connectivity index (χ1n) is 12.6. The number of hydrogen-bond donors (Lipinski definition) is 0. The van der Waals surface area contributed by atoms with Crippen molar-refractivity contribution in [2.75, 3.05) is 44.2 Å². The number of thiophene rings is 1. The average molecular weight is 504 g/mol. The van der Waals surface area contributed by atoms with E-state index in [9.17, 15) is 4.79 Å². The molecular weight excluding hydrogens is 470 g/mol. The number of unbranched alkanes of at least 4 members (excludes halogenated alkanes) is 1. The van der Waals surface area contributed by atoms with Crippen LogP contribution in [0.4, 0.5) is 5.69 Å². The molecule has 3 heterocycles. The molecule has 0 aliphatic carbocycles. The van der Waals surface area contributed by atoms with Gasteiger partial charge in [0.05, 0.1) is 17.9 Å². The third kappa shape index (κ3) is 5.58. The number of fused-ring (bicyclic) bond motifs is 2. The zero-order valence-electron chi connectivity index (χ0n) is 20.8. The molecule has 0 saturated carbocycles. The van der Waals surface area contributed by atoms with Crippen LogP contribution in [-0.2, 0) is 11.5 Å². The Kier molecular flexibility index (Phi) is 7.58. The minimum Gasteiger partial charge on any atom is -0.494 e. The van der Waals surface area contributed by atoms with Crippen LogP contribution in [0.2, 0.25) is 0 Å². The monoisotopic (exact) mass is 503 g/mol. The summed E-state index contributed by atoms with van der Waals surface area (Å²) in [5.41, 5.74) is 2.07. The molecule has 1 aliphatic rings. The van der Waals surface area contributed by atoms with Crippen LogP contribution in [0.5, 0.6) is 5.75 Å². The fraction of sp³-hybridized carbons (Fsp3) is 0.345. The van der Waals surface area contributed by atoms with Gasteiger partial charge in [0.1, 0.15) is 5.75 Å². The molecule has 0 unspecified atom stereocenters. The summed E-state index contributed by atoms with van der Waals surface area (Å²) in [5.74, 6) is 1.35. The van der Waals surface area contributed by atoms with Gasteiger partial charge in [-0.25, -0.2) is 0 Å². The second-order valence-electron chi connectivity index (χ2n) is 9.29. The lowest BCUT2D eigenvalue weighted by atomic mass is 10.2. The van der Waals surface area contributed by atoms with Crippen LogP contribution in [0.3, 0.4) is 0 Å². The Bertz CT molecular complexity index is 1400. The lowest BCUT2D eigenvalue weighted by Crippen LogP contribution is -2.46. The molecule has 0 atom stereocenters. The summed E-state index contributed by atoms with van der Waals surface area (Å²) in [4.78, 5) is 17.4. The number of anilines is 1. The molecule has 2 aromatic carbocycles. The Morgan fingerprint density at radius 1 is 1.03 bits per heavy atom. The summed E-state index contributed by atoms with van der Waals surface area (Å²) in [6, 6.07) is 18.1. The zero-order valence-corrected chi connectivity index (χ0v) is 21.6. The fourth-order valence-corrected chi connectivity index (χ4v) is 5.57. The van der Waals surface area contributed by atoms with E-state index >= 15 is 0 Å². The van der Waals surface area contributed by atoms with E-state index in [1.54, 1.807) is 17.6 Å². The highest BCUT2D eigenvalue weighted by Crippen LogP contribution is 2.31. The maximum atomic E-state index is 12.4. The van der Waals surface area contributed by atoms with Crippen molar-refractivity contribution in [2.24, 2.45) is 0 Å².